The maximum atomic E-state index is 12.4. The number of nitrogens with zero attached hydrogens (tertiary/aromatic N) is 1. The van der Waals surface area contributed by atoms with E-state index in [0.29, 0.717) is 12.3 Å². The van der Waals surface area contributed by atoms with Crippen LogP contribution in [0.15, 0.2) is 69.6 Å². The molecular weight excluding hydrogens is 326 g/mol. The highest BCUT2D eigenvalue weighted by Crippen LogP contribution is 2.23. The molecule has 0 fully saturated rings. The Labute approximate surface area is 156 Å². The highest BCUT2D eigenvalue weighted by Gasteiger charge is 2.22. The average Bonchev–Trinajstić information content (AvgIpc) is 2.60. The molecule has 0 unspecified atom stereocenters. The first-order chi connectivity index (χ1) is 11.9. The van der Waals surface area contributed by atoms with Crippen LogP contribution in [0.4, 0.5) is 0 Å². The van der Waals surface area contributed by atoms with Crippen molar-refractivity contribution in [3.05, 3.63) is 75.7 Å². The van der Waals surface area contributed by atoms with Crippen LogP contribution < -0.4 is 0 Å². The molecule has 25 heavy (non-hydrogen) atoms. The van der Waals surface area contributed by atoms with Crippen LogP contribution in [0.3, 0.4) is 0 Å². The van der Waals surface area contributed by atoms with Crippen LogP contribution in [0.25, 0.3) is 6.08 Å². The van der Waals surface area contributed by atoms with E-state index in [4.69, 9.17) is 0 Å². The van der Waals surface area contributed by atoms with Crippen molar-refractivity contribution in [2.24, 2.45) is 4.99 Å². The number of hydrogen-bond acceptors (Lipinski definition) is 3. The molecular formula is C22H25NOS. The maximum Gasteiger partial charge on any atom is 0.207 e. The third-order valence-corrected chi connectivity index (χ3v) is 4.70. The van der Waals surface area contributed by atoms with Gasteiger partial charge in [0.25, 0.3) is 0 Å². The minimum Gasteiger partial charge on any atom is -0.287 e. The molecule has 0 N–H and O–H groups in total. The van der Waals surface area contributed by atoms with Crippen molar-refractivity contribution in [1.29, 1.82) is 0 Å². The number of aliphatic imine (C=N–C) groups is 1. The molecule has 0 bridgehead atoms. The lowest BCUT2D eigenvalue weighted by atomic mass is 9.90. The lowest BCUT2D eigenvalue weighted by Crippen LogP contribution is -2.21. The summed E-state index contributed by atoms with van der Waals surface area (Å²) in [5, 5.41) is 0. The van der Waals surface area contributed by atoms with Gasteiger partial charge in [-0.05, 0) is 62.5 Å². The smallest absolute Gasteiger partial charge is 0.207 e. The number of rotatable bonds is 6. The van der Waals surface area contributed by atoms with Crippen molar-refractivity contribution < 1.29 is 4.79 Å². The zero-order valence-electron chi connectivity index (χ0n) is 15.2. The van der Waals surface area contributed by atoms with Crippen LogP contribution in [-0.4, -0.2) is 18.0 Å². The van der Waals surface area contributed by atoms with E-state index in [1.807, 2.05) is 63.3 Å². The predicted molar refractivity (Wildman–Crippen MR) is 111 cm³/mol. The third kappa shape index (κ3) is 4.93. The lowest BCUT2D eigenvalue weighted by molar-refractivity contribution is -0.109. The molecule has 0 spiro atoms. The van der Waals surface area contributed by atoms with Gasteiger partial charge >= 0.3 is 0 Å². The van der Waals surface area contributed by atoms with Crippen molar-refractivity contribution in [3.63, 3.8) is 0 Å². The predicted octanol–water partition coefficient (Wildman–Crippen LogP) is 5.58. The molecule has 1 aromatic carbocycles. The second-order valence-corrected chi connectivity index (χ2v) is 6.73. The van der Waals surface area contributed by atoms with Gasteiger partial charge in [-0.3, -0.25) is 9.79 Å². The van der Waals surface area contributed by atoms with Crippen molar-refractivity contribution in [2.45, 2.75) is 33.6 Å². The standard InChI is InChI=1S/C22H25NOS/c1-5-15(2)13-20(25)16(3)9-8-12-23-21-19-11-7-6-10-18(19)14-17(4)22(21)24/h5-7,10-11,13-14,25H,3,8-9,12H2,1-2,4H3/b15-5-,20-13+,23-21-. The summed E-state index contributed by atoms with van der Waals surface area (Å²) in [6.45, 7) is 10.6. The summed E-state index contributed by atoms with van der Waals surface area (Å²) in [6.07, 6.45) is 7.64. The molecule has 2 nitrogen and oxygen atoms in total. The molecule has 130 valence electrons. The summed E-state index contributed by atoms with van der Waals surface area (Å²) in [7, 11) is 0. The van der Waals surface area contributed by atoms with E-state index in [1.54, 1.807) is 0 Å². The SMILES string of the molecule is C=C(CCC/N=C1\C(=O)C(C)=Cc2ccccc21)/C(S)=C\C(C)=C/C. The van der Waals surface area contributed by atoms with Gasteiger partial charge < -0.3 is 0 Å². The van der Waals surface area contributed by atoms with E-state index in [2.05, 4.69) is 24.2 Å². The quantitative estimate of drug-likeness (QED) is 0.405. The Morgan fingerprint density at radius 2 is 2.04 bits per heavy atom. The summed E-state index contributed by atoms with van der Waals surface area (Å²) >= 11 is 4.51. The van der Waals surface area contributed by atoms with Gasteiger partial charge in [-0.1, -0.05) is 42.5 Å². The topological polar surface area (TPSA) is 29.4 Å². The van der Waals surface area contributed by atoms with E-state index < -0.39 is 0 Å². The first kappa shape index (κ1) is 19.2. The van der Waals surface area contributed by atoms with E-state index in [1.165, 1.54) is 0 Å². The molecule has 1 aliphatic carbocycles. The molecule has 0 aromatic heterocycles. The number of hydrogen-bond donors (Lipinski definition) is 1. The van der Waals surface area contributed by atoms with E-state index in [-0.39, 0.29) is 5.78 Å². The van der Waals surface area contributed by atoms with Crippen LogP contribution in [0.1, 0.15) is 44.7 Å². The van der Waals surface area contributed by atoms with Gasteiger partial charge in [0.15, 0.2) is 0 Å². The molecule has 1 aromatic rings. The number of carbonyl (C=O) groups is 1. The van der Waals surface area contributed by atoms with Gasteiger partial charge in [-0.15, -0.1) is 12.6 Å². The number of allylic oxidation sites excluding steroid dienone is 5. The largest absolute Gasteiger partial charge is 0.287 e. The Kier molecular flexibility index (Phi) is 6.77. The fourth-order valence-corrected chi connectivity index (χ4v) is 2.93. The Balaban J connectivity index is 2.03. The number of fused-ring (bicyclic) bond motifs is 1. The normalized spacial score (nSPS) is 16.7. The number of ketones is 1. The molecule has 3 heteroatoms. The Hall–Kier alpha value is -2.13. The second kappa shape index (κ2) is 8.82. The average molecular weight is 352 g/mol. The van der Waals surface area contributed by atoms with Gasteiger partial charge in [-0.2, -0.15) is 0 Å². The van der Waals surface area contributed by atoms with Crippen molar-refractivity contribution >= 4 is 30.2 Å². The first-order valence-corrected chi connectivity index (χ1v) is 8.97. The van der Waals surface area contributed by atoms with Gasteiger partial charge in [0, 0.05) is 17.0 Å². The molecule has 0 atom stereocenters. The Bertz CT molecular complexity index is 809. The molecule has 0 aliphatic heterocycles. The molecule has 0 heterocycles. The van der Waals surface area contributed by atoms with Crippen LogP contribution in [0.5, 0.6) is 0 Å². The van der Waals surface area contributed by atoms with E-state index >= 15 is 0 Å². The number of carbonyl (C=O) groups excluding carboxylic acids is 1. The highest BCUT2D eigenvalue weighted by molar-refractivity contribution is 7.84. The molecule has 0 saturated carbocycles. The molecule has 1 aliphatic rings. The molecule has 2 rings (SSSR count). The number of benzene rings is 1. The third-order valence-electron chi connectivity index (χ3n) is 4.25. The van der Waals surface area contributed by atoms with Gasteiger partial charge in [-0.25, -0.2) is 0 Å². The minimum absolute atomic E-state index is 0.0241. The molecule has 0 saturated heterocycles. The van der Waals surface area contributed by atoms with Crippen molar-refractivity contribution in [1.82, 2.24) is 0 Å². The number of Topliss-reactive ketones (excluding diaryl/α,β-unsaturated/α-hetero) is 1. The zero-order valence-corrected chi connectivity index (χ0v) is 16.1. The van der Waals surface area contributed by atoms with Gasteiger partial charge in [0.1, 0.15) is 5.71 Å². The van der Waals surface area contributed by atoms with Crippen molar-refractivity contribution in [2.75, 3.05) is 6.54 Å². The van der Waals surface area contributed by atoms with Crippen LogP contribution >= 0.6 is 12.6 Å². The van der Waals surface area contributed by atoms with Crippen LogP contribution in [0.2, 0.25) is 0 Å². The second-order valence-electron chi connectivity index (χ2n) is 6.24. The molecule has 0 radical (unpaired) electrons. The fourth-order valence-electron chi connectivity index (χ4n) is 2.62. The Morgan fingerprint density at radius 1 is 1.32 bits per heavy atom. The number of thiol groups is 1. The van der Waals surface area contributed by atoms with Crippen LogP contribution in [-0.2, 0) is 4.79 Å². The van der Waals surface area contributed by atoms with Gasteiger partial charge in [0.2, 0.25) is 5.78 Å². The lowest BCUT2D eigenvalue weighted by Gasteiger charge is -2.15. The summed E-state index contributed by atoms with van der Waals surface area (Å²) in [5.41, 5.74) is 5.46. The Morgan fingerprint density at radius 3 is 2.76 bits per heavy atom. The van der Waals surface area contributed by atoms with Crippen molar-refractivity contribution in [3.8, 4) is 0 Å². The summed E-state index contributed by atoms with van der Waals surface area (Å²) in [6, 6.07) is 7.90. The van der Waals surface area contributed by atoms with Gasteiger partial charge in [0.05, 0.1) is 0 Å². The summed E-state index contributed by atoms with van der Waals surface area (Å²) in [4.78, 5) is 17.9. The molecule has 0 amide bonds. The van der Waals surface area contributed by atoms with Crippen LogP contribution in [0, 0.1) is 0 Å². The first-order valence-electron chi connectivity index (χ1n) is 8.52. The minimum atomic E-state index is 0.0241. The summed E-state index contributed by atoms with van der Waals surface area (Å²) < 4.78 is 0. The van der Waals surface area contributed by atoms with E-state index in [0.717, 1.165) is 45.6 Å². The summed E-state index contributed by atoms with van der Waals surface area (Å²) in [5.74, 6) is 0.0241. The monoisotopic (exact) mass is 351 g/mol. The van der Waals surface area contributed by atoms with E-state index in [9.17, 15) is 4.79 Å². The zero-order chi connectivity index (χ0) is 18.4. The highest BCUT2D eigenvalue weighted by atomic mass is 32.1. The fraction of sp³-hybridized carbons (Fsp3) is 0.273. The maximum absolute atomic E-state index is 12.4.